The molecule has 4 heteroatoms. The molecule has 0 aliphatic heterocycles. The molecule has 0 spiro atoms. The van der Waals surface area contributed by atoms with E-state index in [1.165, 1.54) is 16.7 Å². The SMILES string of the molecule is COc1cc(C)c(-c2cc(CN)n(C)n2)c(C)c1C. The van der Waals surface area contributed by atoms with Crippen LogP contribution in [0.15, 0.2) is 12.1 Å². The molecule has 19 heavy (non-hydrogen) atoms. The molecule has 0 unspecified atom stereocenters. The fourth-order valence-corrected chi connectivity index (χ4v) is 2.47. The van der Waals surface area contributed by atoms with Crippen LogP contribution in [0.4, 0.5) is 0 Å². The summed E-state index contributed by atoms with van der Waals surface area (Å²) in [5.74, 6) is 0.925. The minimum atomic E-state index is 0.497. The maximum atomic E-state index is 5.71. The molecule has 4 nitrogen and oxygen atoms in total. The van der Waals surface area contributed by atoms with Gasteiger partial charge in [-0.25, -0.2) is 0 Å². The number of aromatic nitrogens is 2. The van der Waals surface area contributed by atoms with Crippen molar-refractivity contribution in [2.75, 3.05) is 7.11 Å². The predicted molar refractivity (Wildman–Crippen MR) is 77.3 cm³/mol. The molecule has 0 atom stereocenters. The third kappa shape index (κ3) is 2.24. The van der Waals surface area contributed by atoms with Crippen molar-refractivity contribution < 1.29 is 4.74 Å². The van der Waals surface area contributed by atoms with Gasteiger partial charge in [0.05, 0.1) is 18.5 Å². The Balaban J connectivity index is 2.65. The first kappa shape index (κ1) is 13.6. The van der Waals surface area contributed by atoms with Gasteiger partial charge in [0.2, 0.25) is 0 Å². The van der Waals surface area contributed by atoms with Gasteiger partial charge in [0.1, 0.15) is 5.75 Å². The van der Waals surface area contributed by atoms with Crippen LogP contribution in [0.25, 0.3) is 11.3 Å². The Kier molecular flexibility index (Phi) is 3.62. The minimum absolute atomic E-state index is 0.497. The molecule has 2 aromatic rings. The summed E-state index contributed by atoms with van der Waals surface area (Å²) in [4.78, 5) is 0. The molecular weight excluding hydrogens is 238 g/mol. The molecular formula is C15H21N3O. The Morgan fingerprint density at radius 3 is 2.42 bits per heavy atom. The second-order valence-electron chi connectivity index (χ2n) is 4.87. The van der Waals surface area contributed by atoms with Crippen LogP contribution in [-0.4, -0.2) is 16.9 Å². The Bertz CT molecular complexity index is 614. The van der Waals surface area contributed by atoms with E-state index in [9.17, 15) is 0 Å². The van der Waals surface area contributed by atoms with Crippen molar-refractivity contribution in [1.82, 2.24) is 9.78 Å². The van der Waals surface area contributed by atoms with E-state index >= 15 is 0 Å². The Hall–Kier alpha value is -1.81. The monoisotopic (exact) mass is 259 g/mol. The highest BCUT2D eigenvalue weighted by atomic mass is 16.5. The average Bonchev–Trinajstić information content (AvgIpc) is 2.75. The van der Waals surface area contributed by atoms with Gasteiger partial charge in [0.15, 0.2) is 0 Å². The first-order valence-electron chi connectivity index (χ1n) is 6.37. The number of nitrogens with zero attached hydrogens (tertiary/aromatic N) is 2. The molecule has 0 radical (unpaired) electrons. The molecule has 0 aliphatic carbocycles. The van der Waals surface area contributed by atoms with E-state index in [0.717, 1.165) is 22.7 Å². The molecule has 0 fully saturated rings. The summed E-state index contributed by atoms with van der Waals surface area (Å²) in [5.41, 5.74) is 12.4. The third-order valence-corrected chi connectivity index (χ3v) is 3.71. The Morgan fingerprint density at radius 2 is 1.89 bits per heavy atom. The van der Waals surface area contributed by atoms with Crippen LogP contribution in [0.1, 0.15) is 22.4 Å². The summed E-state index contributed by atoms with van der Waals surface area (Å²) in [5, 5.41) is 4.57. The summed E-state index contributed by atoms with van der Waals surface area (Å²) in [6.45, 7) is 6.76. The second kappa shape index (κ2) is 5.05. The summed E-state index contributed by atoms with van der Waals surface area (Å²) in [7, 11) is 3.63. The molecule has 1 heterocycles. The van der Waals surface area contributed by atoms with Crippen molar-refractivity contribution in [3.8, 4) is 17.0 Å². The number of methoxy groups -OCH3 is 1. The smallest absolute Gasteiger partial charge is 0.122 e. The van der Waals surface area contributed by atoms with Gasteiger partial charge in [-0.2, -0.15) is 5.10 Å². The van der Waals surface area contributed by atoms with Gasteiger partial charge in [-0.05, 0) is 49.6 Å². The van der Waals surface area contributed by atoms with Crippen LogP contribution in [0.5, 0.6) is 5.75 Å². The highest BCUT2D eigenvalue weighted by Gasteiger charge is 2.15. The zero-order valence-corrected chi connectivity index (χ0v) is 12.2. The highest BCUT2D eigenvalue weighted by molar-refractivity contribution is 5.71. The van der Waals surface area contributed by atoms with E-state index in [2.05, 4.69) is 38.0 Å². The minimum Gasteiger partial charge on any atom is -0.496 e. The molecule has 102 valence electrons. The fourth-order valence-electron chi connectivity index (χ4n) is 2.47. The zero-order valence-electron chi connectivity index (χ0n) is 12.2. The van der Waals surface area contributed by atoms with Crippen molar-refractivity contribution in [3.63, 3.8) is 0 Å². The quantitative estimate of drug-likeness (QED) is 0.921. The van der Waals surface area contributed by atoms with Gasteiger partial charge in [-0.15, -0.1) is 0 Å². The maximum absolute atomic E-state index is 5.71. The molecule has 0 amide bonds. The molecule has 0 saturated carbocycles. The standard InChI is InChI=1S/C15H21N3O/c1-9-6-14(19-5)10(2)11(3)15(9)13-7-12(8-16)18(4)17-13/h6-7H,8,16H2,1-5H3. The van der Waals surface area contributed by atoms with Gasteiger partial charge < -0.3 is 10.5 Å². The lowest BCUT2D eigenvalue weighted by Crippen LogP contribution is -2.03. The van der Waals surface area contributed by atoms with Crippen molar-refractivity contribution >= 4 is 0 Å². The molecule has 0 bridgehead atoms. The van der Waals surface area contributed by atoms with Crippen LogP contribution in [0.3, 0.4) is 0 Å². The lowest BCUT2D eigenvalue weighted by atomic mass is 9.95. The van der Waals surface area contributed by atoms with Gasteiger partial charge in [-0.3, -0.25) is 4.68 Å². The van der Waals surface area contributed by atoms with Gasteiger partial charge >= 0.3 is 0 Å². The fraction of sp³-hybridized carbons (Fsp3) is 0.400. The molecule has 2 rings (SSSR count). The third-order valence-electron chi connectivity index (χ3n) is 3.71. The van der Waals surface area contributed by atoms with Crippen molar-refractivity contribution in [3.05, 3.63) is 34.5 Å². The summed E-state index contributed by atoms with van der Waals surface area (Å²) >= 11 is 0. The Morgan fingerprint density at radius 1 is 1.21 bits per heavy atom. The summed E-state index contributed by atoms with van der Waals surface area (Å²) < 4.78 is 7.24. The predicted octanol–water partition coefficient (Wildman–Crippen LogP) is 2.48. The van der Waals surface area contributed by atoms with Crippen LogP contribution in [0, 0.1) is 20.8 Å². The van der Waals surface area contributed by atoms with E-state index < -0.39 is 0 Å². The zero-order chi connectivity index (χ0) is 14.2. The van der Waals surface area contributed by atoms with Gasteiger partial charge in [-0.1, -0.05) is 0 Å². The summed E-state index contributed by atoms with van der Waals surface area (Å²) in [6.07, 6.45) is 0. The van der Waals surface area contributed by atoms with Crippen molar-refractivity contribution in [1.29, 1.82) is 0 Å². The van der Waals surface area contributed by atoms with Crippen molar-refractivity contribution in [2.45, 2.75) is 27.3 Å². The molecule has 0 aliphatic rings. The number of rotatable bonds is 3. The number of aryl methyl sites for hydroxylation is 2. The van der Waals surface area contributed by atoms with E-state index in [-0.39, 0.29) is 0 Å². The van der Waals surface area contributed by atoms with E-state index in [0.29, 0.717) is 6.54 Å². The second-order valence-corrected chi connectivity index (χ2v) is 4.87. The lowest BCUT2D eigenvalue weighted by molar-refractivity contribution is 0.411. The van der Waals surface area contributed by atoms with E-state index in [1.54, 1.807) is 7.11 Å². The molecule has 1 aromatic heterocycles. The first-order valence-corrected chi connectivity index (χ1v) is 6.37. The average molecular weight is 259 g/mol. The highest BCUT2D eigenvalue weighted by Crippen LogP contribution is 2.34. The number of nitrogens with two attached hydrogens (primary N) is 1. The number of hydrogen-bond acceptors (Lipinski definition) is 3. The molecule has 0 saturated heterocycles. The number of ether oxygens (including phenoxy) is 1. The number of hydrogen-bond donors (Lipinski definition) is 1. The van der Waals surface area contributed by atoms with E-state index in [4.69, 9.17) is 10.5 Å². The lowest BCUT2D eigenvalue weighted by Gasteiger charge is -2.14. The van der Waals surface area contributed by atoms with Gasteiger partial charge in [0, 0.05) is 19.2 Å². The molecule has 2 N–H and O–H groups in total. The maximum Gasteiger partial charge on any atom is 0.122 e. The van der Waals surface area contributed by atoms with Crippen LogP contribution in [-0.2, 0) is 13.6 Å². The van der Waals surface area contributed by atoms with Gasteiger partial charge in [0.25, 0.3) is 0 Å². The van der Waals surface area contributed by atoms with Crippen LogP contribution >= 0.6 is 0 Å². The van der Waals surface area contributed by atoms with Crippen LogP contribution in [0.2, 0.25) is 0 Å². The van der Waals surface area contributed by atoms with E-state index in [1.807, 2.05) is 11.7 Å². The van der Waals surface area contributed by atoms with Crippen molar-refractivity contribution in [2.24, 2.45) is 12.8 Å². The topological polar surface area (TPSA) is 53.1 Å². The normalized spacial score (nSPS) is 10.8. The molecule has 1 aromatic carbocycles. The summed E-state index contributed by atoms with van der Waals surface area (Å²) in [6, 6.07) is 4.12. The number of benzene rings is 1. The van der Waals surface area contributed by atoms with Crippen LogP contribution < -0.4 is 10.5 Å². The Labute approximate surface area is 114 Å². The first-order chi connectivity index (χ1) is 8.99. The largest absolute Gasteiger partial charge is 0.496 e.